The van der Waals surface area contributed by atoms with Crippen LogP contribution < -0.4 is 4.90 Å². The minimum absolute atomic E-state index is 0.0590. The van der Waals surface area contributed by atoms with Gasteiger partial charge in [-0.2, -0.15) is 0 Å². The van der Waals surface area contributed by atoms with Crippen molar-refractivity contribution in [3.63, 3.8) is 0 Å². The van der Waals surface area contributed by atoms with Crippen LogP contribution in [0.1, 0.15) is 49.9 Å². The maximum Gasteiger partial charge on any atom is 0.0462 e. The van der Waals surface area contributed by atoms with Crippen molar-refractivity contribution >= 4 is 28.4 Å². The number of rotatable bonds is 10. The first kappa shape index (κ1) is 47.4. The molecule has 2 heteroatoms. The van der Waals surface area contributed by atoms with Crippen molar-refractivity contribution in [3.8, 4) is 98.8 Å². The molecule has 0 spiro atoms. The summed E-state index contributed by atoms with van der Waals surface area (Å²) in [6.07, 6.45) is 0. The van der Waals surface area contributed by atoms with Gasteiger partial charge < -0.3 is 4.90 Å². The predicted octanol–water partition coefficient (Wildman–Crippen LogP) is 21.5. The van der Waals surface area contributed by atoms with E-state index >= 15 is 0 Å². The molecule has 0 saturated heterocycles. The van der Waals surface area contributed by atoms with E-state index in [2.05, 4.69) is 306 Å². The molecule has 0 amide bonds. The summed E-state index contributed by atoms with van der Waals surface area (Å²) < 4.78 is 0. The maximum absolute atomic E-state index is 2.43. The van der Waals surface area contributed by atoms with E-state index in [9.17, 15) is 0 Å². The van der Waals surface area contributed by atoms with Gasteiger partial charge in [0.2, 0.25) is 0 Å². The maximum atomic E-state index is 2.43. The highest BCUT2D eigenvalue weighted by molar-refractivity contribution is 7.20. The third-order valence-corrected chi connectivity index (χ3v) is 18.0. The lowest BCUT2D eigenvalue weighted by Crippen LogP contribution is -2.15. The lowest BCUT2D eigenvalue weighted by Gasteiger charge is -2.26. The van der Waals surface area contributed by atoms with Crippen LogP contribution in [0.2, 0.25) is 0 Å². The van der Waals surface area contributed by atoms with Gasteiger partial charge in [0.1, 0.15) is 0 Å². The first-order valence-electron chi connectivity index (χ1n) is 27.2. The van der Waals surface area contributed by atoms with E-state index in [0.29, 0.717) is 0 Å². The summed E-state index contributed by atoms with van der Waals surface area (Å²) in [4.78, 5) is 5.06. The molecule has 0 N–H and O–H groups in total. The Kier molecular flexibility index (Phi) is 11.5. The van der Waals surface area contributed by atoms with Gasteiger partial charge in [-0.15, -0.1) is 11.3 Å². The van der Waals surface area contributed by atoms with Crippen molar-refractivity contribution in [1.82, 2.24) is 0 Å². The number of hydrogen-bond acceptors (Lipinski definition) is 2. The summed E-state index contributed by atoms with van der Waals surface area (Å²) in [6.45, 7) is 9.57. The van der Waals surface area contributed by atoms with E-state index in [-0.39, 0.29) is 10.8 Å². The van der Waals surface area contributed by atoms with Crippen LogP contribution in [0.5, 0.6) is 0 Å². The van der Waals surface area contributed by atoms with Crippen LogP contribution in [0, 0.1) is 0 Å². The Bertz CT molecular complexity index is 4170. The number of hydrogen-bond donors (Lipinski definition) is 0. The highest BCUT2D eigenvalue weighted by atomic mass is 32.1. The van der Waals surface area contributed by atoms with Gasteiger partial charge in [0, 0.05) is 48.8 Å². The van der Waals surface area contributed by atoms with E-state index in [4.69, 9.17) is 0 Å². The lowest BCUT2D eigenvalue weighted by molar-refractivity contribution is 0.660. The van der Waals surface area contributed by atoms with E-state index in [0.717, 1.165) is 17.1 Å². The molecule has 12 aromatic rings. The number of fused-ring (bicyclic) bond motifs is 6. The van der Waals surface area contributed by atoms with Crippen molar-refractivity contribution in [2.24, 2.45) is 0 Å². The van der Waals surface area contributed by atoms with E-state index in [1.54, 1.807) is 0 Å². The SMILES string of the molecule is CC1(C)c2ccccc2-c2ccc(-c3ccc(N(c4ccc(-c5ccccc5)cc4)c4ccc(-c5cccc6c5-c5sc(-c7ccc(-c8ccccc8)cc7)c(-c7ccc(-c8ccccc8)cc7)c5C6(C)C)cc4)cc3)cc21. The van der Waals surface area contributed by atoms with Crippen LogP contribution >= 0.6 is 11.3 Å². The van der Waals surface area contributed by atoms with Gasteiger partial charge in [-0.25, -0.2) is 0 Å². The molecule has 1 nitrogen and oxygen atoms in total. The number of nitrogens with zero attached hydrogens (tertiary/aromatic N) is 1. The first-order valence-corrected chi connectivity index (χ1v) is 28.0. The zero-order chi connectivity index (χ0) is 52.5. The van der Waals surface area contributed by atoms with Crippen LogP contribution in [0.25, 0.3) is 98.8 Å². The molecular weight excluding hydrogens is 959 g/mol. The molecule has 78 heavy (non-hydrogen) atoms. The minimum Gasteiger partial charge on any atom is -0.311 e. The number of thiophene rings is 1. The molecule has 0 atom stereocenters. The van der Waals surface area contributed by atoms with Gasteiger partial charge in [0.25, 0.3) is 0 Å². The fraction of sp³-hybridized carbons (Fsp3) is 0.0789. The van der Waals surface area contributed by atoms with E-state index < -0.39 is 0 Å². The Balaban J connectivity index is 0.852. The Labute approximate surface area is 463 Å². The van der Waals surface area contributed by atoms with Gasteiger partial charge in [-0.05, 0) is 143 Å². The summed E-state index contributed by atoms with van der Waals surface area (Å²) in [5, 5.41) is 0. The van der Waals surface area contributed by atoms with Gasteiger partial charge in [-0.3, -0.25) is 0 Å². The Morgan fingerprint density at radius 3 is 1.18 bits per heavy atom. The third kappa shape index (κ3) is 7.98. The van der Waals surface area contributed by atoms with Crippen LogP contribution in [-0.2, 0) is 10.8 Å². The predicted molar refractivity (Wildman–Crippen MR) is 332 cm³/mol. The Morgan fingerprint density at radius 2 is 0.641 bits per heavy atom. The van der Waals surface area contributed by atoms with Gasteiger partial charge >= 0.3 is 0 Å². The van der Waals surface area contributed by atoms with Gasteiger partial charge in [0.15, 0.2) is 0 Å². The molecule has 0 fully saturated rings. The first-order chi connectivity index (χ1) is 38.2. The zero-order valence-electron chi connectivity index (χ0n) is 44.3. The largest absolute Gasteiger partial charge is 0.311 e. The van der Waals surface area contributed by atoms with E-state index in [1.807, 2.05) is 11.3 Å². The Hall–Kier alpha value is -9.08. The number of benzene rings is 11. The molecule has 0 bridgehead atoms. The molecule has 0 unspecified atom stereocenters. The van der Waals surface area contributed by atoms with Gasteiger partial charge in [-0.1, -0.05) is 258 Å². The summed E-state index contributed by atoms with van der Waals surface area (Å²) in [5.74, 6) is 0. The van der Waals surface area contributed by atoms with Crippen molar-refractivity contribution < 1.29 is 0 Å². The van der Waals surface area contributed by atoms with Crippen LogP contribution in [0.15, 0.2) is 273 Å². The standard InChI is InChI=1S/C76H57NS/c1-75(2)67-25-15-14-23-65(67)66-48-41-60(49-69(66)75)56-37-44-62(45-38-56)77(61-42-35-55(36-43-61)52-21-12-7-13-22-52)63-46-39-57(40-47-63)64-24-16-26-68-71(64)74-72(76(68,3)4)70(58-31-27-53(28-32-58)50-17-8-5-9-18-50)73(78-74)59-33-29-54(30-34-59)51-19-10-6-11-20-51/h5-49H,1-4H3. The number of anilines is 3. The molecule has 0 aliphatic heterocycles. The lowest BCUT2D eigenvalue weighted by atomic mass is 9.78. The smallest absolute Gasteiger partial charge is 0.0462 e. The molecular formula is C76H57NS. The van der Waals surface area contributed by atoms with Gasteiger partial charge in [0.05, 0.1) is 0 Å². The zero-order valence-corrected chi connectivity index (χ0v) is 45.2. The summed E-state index contributed by atoms with van der Waals surface area (Å²) in [7, 11) is 0. The van der Waals surface area contributed by atoms with Crippen molar-refractivity contribution in [1.29, 1.82) is 0 Å². The molecule has 1 heterocycles. The fourth-order valence-electron chi connectivity index (χ4n) is 12.6. The average Bonchev–Trinajstić information content (AvgIpc) is 4.28. The molecule has 2 aliphatic rings. The van der Waals surface area contributed by atoms with Crippen LogP contribution in [0.3, 0.4) is 0 Å². The topological polar surface area (TPSA) is 3.24 Å². The quantitative estimate of drug-likeness (QED) is 0.132. The molecule has 0 radical (unpaired) electrons. The van der Waals surface area contributed by atoms with Crippen molar-refractivity contribution in [2.75, 3.05) is 4.90 Å². The molecule has 11 aromatic carbocycles. The van der Waals surface area contributed by atoms with Crippen molar-refractivity contribution in [3.05, 3.63) is 295 Å². The normalized spacial score (nSPS) is 13.3. The van der Waals surface area contributed by atoms with Crippen LogP contribution in [-0.4, -0.2) is 0 Å². The third-order valence-electron chi connectivity index (χ3n) is 16.7. The minimum atomic E-state index is -0.247. The molecule has 14 rings (SSSR count). The summed E-state index contributed by atoms with van der Waals surface area (Å²) in [6, 6.07) is 101. The highest BCUT2D eigenvalue weighted by Gasteiger charge is 2.42. The summed E-state index contributed by atoms with van der Waals surface area (Å²) in [5.41, 5.74) is 28.6. The van der Waals surface area contributed by atoms with Crippen molar-refractivity contribution in [2.45, 2.75) is 38.5 Å². The average molecular weight is 1020 g/mol. The second-order valence-electron chi connectivity index (χ2n) is 22.0. The van der Waals surface area contributed by atoms with Crippen LogP contribution in [0.4, 0.5) is 17.1 Å². The highest BCUT2D eigenvalue weighted by Crippen LogP contribution is 2.61. The second-order valence-corrected chi connectivity index (χ2v) is 23.0. The molecule has 372 valence electrons. The second kappa shape index (κ2) is 18.9. The summed E-state index contributed by atoms with van der Waals surface area (Å²) >= 11 is 1.95. The van der Waals surface area contributed by atoms with E-state index in [1.165, 1.54) is 121 Å². The monoisotopic (exact) mass is 1020 g/mol. The molecule has 1 aromatic heterocycles. The fourth-order valence-corrected chi connectivity index (χ4v) is 14.2. The Morgan fingerprint density at radius 1 is 0.256 bits per heavy atom. The molecule has 2 aliphatic carbocycles. The molecule has 0 saturated carbocycles.